The number of carbonyl (C=O) groups is 1. The van der Waals surface area contributed by atoms with E-state index in [0.717, 1.165) is 17.5 Å². The quantitative estimate of drug-likeness (QED) is 0.942. The van der Waals surface area contributed by atoms with E-state index in [1.54, 1.807) is 11.3 Å². The number of thiophene rings is 1. The first-order valence-corrected chi connectivity index (χ1v) is 8.21. The van der Waals surface area contributed by atoms with E-state index in [9.17, 15) is 9.90 Å². The van der Waals surface area contributed by atoms with E-state index in [4.69, 9.17) is 0 Å². The summed E-state index contributed by atoms with van der Waals surface area (Å²) in [6, 6.07) is 12.0. The lowest BCUT2D eigenvalue weighted by Gasteiger charge is -2.26. The third-order valence-corrected chi connectivity index (χ3v) is 4.79. The van der Waals surface area contributed by atoms with E-state index in [1.165, 1.54) is 0 Å². The van der Waals surface area contributed by atoms with Crippen LogP contribution >= 0.6 is 11.3 Å². The SMILES string of the molecule is O=C(Cc1ccsc1)N1CC[C@@H](O)[C@H]1Cc1ccccc1. The van der Waals surface area contributed by atoms with Crippen LogP contribution < -0.4 is 0 Å². The highest BCUT2D eigenvalue weighted by molar-refractivity contribution is 7.07. The van der Waals surface area contributed by atoms with Crippen LogP contribution in [0.4, 0.5) is 0 Å². The number of aliphatic hydroxyl groups excluding tert-OH is 1. The number of rotatable bonds is 4. The summed E-state index contributed by atoms with van der Waals surface area (Å²) in [4.78, 5) is 14.3. The monoisotopic (exact) mass is 301 g/mol. The molecule has 3 rings (SSSR count). The van der Waals surface area contributed by atoms with Crippen LogP contribution in [0.3, 0.4) is 0 Å². The van der Waals surface area contributed by atoms with Crippen LogP contribution in [0.25, 0.3) is 0 Å². The predicted molar refractivity (Wildman–Crippen MR) is 84.3 cm³/mol. The highest BCUT2D eigenvalue weighted by Crippen LogP contribution is 2.23. The van der Waals surface area contributed by atoms with Crippen molar-refractivity contribution in [1.82, 2.24) is 4.90 Å². The number of aliphatic hydroxyl groups is 1. The van der Waals surface area contributed by atoms with Gasteiger partial charge in [-0.25, -0.2) is 0 Å². The van der Waals surface area contributed by atoms with Crippen molar-refractivity contribution in [1.29, 1.82) is 0 Å². The fourth-order valence-electron chi connectivity index (χ4n) is 2.92. The Morgan fingerprint density at radius 2 is 2.05 bits per heavy atom. The molecule has 0 radical (unpaired) electrons. The van der Waals surface area contributed by atoms with E-state index in [-0.39, 0.29) is 11.9 Å². The Morgan fingerprint density at radius 3 is 2.76 bits per heavy atom. The van der Waals surface area contributed by atoms with E-state index < -0.39 is 6.10 Å². The highest BCUT2D eigenvalue weighted by atomic mass is 32.1. The van der Waals surface area contributed by atoms with Gasteiger partial charge in [0.15, 0.2) is 0 Å². The van der Waals surface area contributed by atoms with Crippen molar-refractivity contribution in [2.45, 2.75) is 31.4 Å². The van der Waals surface area contributed by atoms with Gasteiger partial charge in [-0.3, -0.25) is 4.79 Å². The van der Waals surface area contributed by atoms with Gasteiger partial charge in [-0.15, -0.1) is 0 Å². The molecule has 0 spiro atoms. The van der Waals surface area contributed by atoms with Gasteiger partial charge in [0.25, 0.3) is 0 Å². The van der Waals surface area contributed by atoms with Gasteiger partial charge in [-0.1, -0.05) is 30.3 Å². The molecule has 1 aromatic carbocycles. The fourth-order valence-corrected chi connectivity index (χ4v) is 3.59. The van der Waals surface area contributed by atoms with Gasteiger partial charge in [0.05, 0.1) is 18.6 Å². The van der Waals surface area contributed by atoms with Crippen molar-refractivity contribution < 1.29 is 9.90 Å². The van der Waals surface area contributed by atoms with E-state index in [2.05, 4.69) is 0 Å². The maximum atomic E-state index is 12.5. The Morgan fingerprint density at radius 1 is 1.24 bits per heavy atom. The third kappa shape index (κ3) is 3.34. The van der Waals surface area contributed by atoms with Crippen molar-refractivity contribution in [2.75, 3.05) is 6.54 Å². The van der Waals surface area contributed by atoms with Gasteiger partial charge in [0, 0.05) is 6.54 Å². The topological polar surface area (TPSA) is 40.5 Å². The number of hydrogen-bond donors (Lipinski definition) is 1. The van der Waals surface area contributed by atoms with E-state index in [0.29, 0.717) is 19.4 Å². The lowest BCUT2D eigenvalue weighted by Crippen LogP contribution is -2.41. The summed E-state index contributed by atoms with van der Waals surface area (Å²) in [6.07, 6.45) is 1.41. The second-order valence-corrected chi connectivity index (χ2v) is 6.29. The number of likely N-dealkylation sites (tertiary alicyclic amines) is 1. The van der Waals surface area contributed by atoms with Crippen LogP contribution in [0.2, 0.25) is 0 Å². The van der Waals surface area contributed by atoms with Gasteiger partial charge < -0.3 is 10.0 Å². The first kappa shape index (κ1) is 14.3. The summed E-state index contributed by atoms with van der Waals surface area (Å²) < 4.78 is 0. The molecule has 0 saturated carbocycles. The van der Waals surface area contributed by atoms with Crippen LogP contribution in [-0.2, 0) is 17.6 Å². The summed E-state index contributed by atoms with van der Waals surface area (Å²) in [7, 11) is 0. The number of amides is 1. The molecule has 0 bridgehead atoms. The maximum absolute atomic E-state index is 12.5. The average Bonchev–Trinajstić information content (AvgIpc) is 3.11. The molecule has 1 aliphatic rings. The molecule has 3 nitrogen and oxygen atoms in total. The van der Waals surface area contributed by atoms with Crippen LogP contribution in [-0.4, -0.2) is 34.6 Å². The Hall–Kier alpha value is -1.65. The largest absolute Gasteiger partial charge is 0.391 e. The van der Waals surface area contributed by atoms with Gasteiger partial charge in [-0.05, 0) is 40.8 Å². The van der Waals surface area contributed by atoms with Crippen molar-refractivity contribution in [3.05, 3.63) is 58.3 Å². The Labute approximate surface area is 128 Å². The first-order chi connectivity index (χ1) is 10.2. The number of benzene rings is 1. The lowest BCUT2D eigenvalue weighted by molar-refractivity contribution is -0.132. The maximum Gasteiger partial charge on any atom is 0.227 e. The molecule has 1 saturated heterocycles. The molecular formula is C17H19NO2S. The molecule has 1 N–H and O–H groups in total. The fraction of sp³-hybridized carbons (Fsp3) is 0.353. The summed E-state index contributed by atoms with van der Waals surface area (Å²) in [5, 5.41) is 14.2. The van der Waals surface area contributed by atoms with Crippen LogP contribution in [0.15, 0.2) is 47.2 Å². The van der Waals surface area contributed by atoms with Crippen molar-refractivity contribution >= 4 is 17.2 Å². The average molecular weight is 301 g/mol. The summed E-state index contributed by atoms with van der Waals surface area (Å²) >= 11 is 1.61. The molecule has 21 heavy (non-hydrogen) atoms. The van der Waals surface area contributed by atoms with Gasteiger partial charge in [0.2, 0.25) is 5.91 Å². The standard InChI is InChI=1S/C17H19NO2S/c19-16-6-8-18(17(20)11-14-7-9-21-12-14)15(16)10-13-4-2-1-3-5-13/h1-5,7,9,12,15-16,19H,6,8,10-11H2/t15-,16-/m1/s1. The van der Waals surface area contributed by atoms with Gasteiger partial charge >= 0.3 is 0 Å². The van der Waals surface area contributed by atoms with Gasteiger partial charge in [-0.2, -0.15) is 11.3 Å². The first-order valence-electron chi connectivity index (χ1n) is 7.26. The highest BCUT2D eigenvalue weighted by Gasteiger charge is 2.35. The summed E-state index contributed by atoms with van der Waals surface area (Å²) in [5.74, 6) is 0.117. The van der Waals surface area contributed by atoms with Crippen molar-refractivity contribution in [3.63, 3.8) is 0 Å². The van der Waals surface area contributed by atoms with Crippen LogP contribution in [0.5, 0.6) is 0 Å². The Bertz CT molecular complexity index is 582. The molecule has 1 fully saturated rings. The van der Waals surface area contributed by atoms with Crippen LogP contribution in [0, 0.1) is 0 Å². The zero-order valence-corrected chi connectivity index (χ0v) is 12.6. The minimum absolute atomic E-state index is 0.0986. The van der Waals surface area contributed by atoms with Crippen molar-refractivity contribution in [3.8, 4) is 0 Å². The molecule has 4 heteroatoms. The Balaban J connectivity index is 1.70. The number of hydrogen-bond acceptors (Lipinski definition) is 3. The van der Waals surface area contributed by atoms with Gasteiger partial charge in [0.1, 0.15) is 0 Å². The third-order valence-electron chi connectivity index (χ3n) is 4.05. The normalized spacial score (nSPS) is 21.7. The zero-order valence-electron chi connectivity index (χ0n) is 11.8. The lowest BCUT2D eigenvalue weighted by atomic mass is 10.0. The predicted octanol–water partition coefficient (Wildman–Crippen LogP) is 2.50. The summed E-state index contributed by atoms with van der Waals surface area (Å²) in [5.41, 5.74) is 2.22. The molecule has 1 aliphatic heterocycles. The van der Waals surface area contributed by atoms with E-state index in [1.807, 2.05) is 52.1 Å². The second-order valence-electron chi connectivity index (χ2n) is 5.51. The summed E-state index contributed by atoms with van der Waals surface area (Å²) in [6.45, 7) is 0.654. The smallest absolute Gasteiger partial charge is 0.227 e. The molecule has 1 amide bonds. The number of nitrogens with zero attached hydrogens (tertiary/aromatic N) is 1. The number of carbonyl (C=O) groups excluding carboxylic acids is 1. The Kier molecular flexibility index (Phi) is 4.36. The molecule has 2 heterocycles. The molecule has 0 aliphatic carbocycles. The molecule has 0 unspecified atom stereocenters. The minimum atomic E-state index is -0.420. The van der Waals surface area contributed by atoms with Crippen LogP contribution in [0.1, 0.15) is 17.5 Å². The second kappa shape index (κ2) is 6.41. The molecule has 2 aromatic rings. The molecule has 1 aromatic heterocycles. The van der Waals surface area contributed by atoms with E-state index >= 15 is 0 Å². The zero-order chi connectivity index (χ0) is 14.7. The minimum Gasteiger partial charge on any atom is -0.391 e. The molecule has 110 valence electrons. The molecule has 2 atom stereocenters. The molecular weight excluding hydrogens is 282 g/mol. The van der Waals surface area contributed by atoms with Crippen molar-refractivity contribution in [2.24, 2.45) is 0 Å².